The molecule has 1 aromatic rings. The molecular weight excluding hydrogens is 467 g/mol. The predicted octanol–water partition coefficient (Wildman–Crippen LogP) is 0.336. The highest BCUT2D eigenvalue weighted by Crippen LogP contribution is 2.22. The van der Waals surface area contributed by atoms with E-state index in [1.807, 2.05) is 0 Å². The van der Waals surface area contributed by atoms with Crippen molar-refractivity contribution in [3.05, 3.63) is 35.1 Å². The van der Waals surface area contributed by atoms with Gasteiger partial charge in [0.1, 0.15) is 17.9 Å². The second-order valence-corrected chi connectivity index (χ2v) is 9.10. The van der Waals surface area contributed by atoms with Gasteiger partial charge in [0.05, 0.1) is 6.04 Å². The van der Waals surface area contributed by atoms with Crippen LogP contribution in [0.3, 0.4) is 0 Å². The van der Waals surface area contributed by atoms with Crippen LogP contribution in [0, 0.1) is 17.5 Å². The predicted molar refractivity (Wildman–Crippen MR) is 119 cm³/mol. The number of amides is 4. The number of likely N-dealkylation sites (tertiary alicyclic amines) is 2. The van der Waals surface area contributed by atoms with Crippen LogP contribution in [0.15, 0.2) is 12.1 Å². The van der Waals surface area contributed by atoms with Gasteiger partial charge in [-0.3, -0.25) is 19.2 Å². The first-order chi connectivity index (χ1) is 16.5. The van der Waals surface area contributed by atoms with E-state index in [4.69, 9.17) is 11.5 Å². The zero-order chi connectivity index (χ0) is 25.9. The minimum atomic E-state index is -1.36. The average molecular weight is 498 g/mol. The topological polar surface area (TPSA) is 139 Å². The van der Waals surface area contributed by atoms with Gasteiger partial charge in [0, 0.05) is 31.6 Å². The molecule has 192 valence electrons. The van der Waals surface area contributed by atoms with Gasteiger partial charge in [-0.2, -0.15) is 0 Å². The van der Waals surface area contributed by atoms with E-state index < -0.39 is 65.2 Å². The first kappa shape index (κ1) is 26.5. The zero-order valence-electron chi connectivity index (χ0n) is 19.4. The molecule has 5 N–H and O–H groups in total. The molecule has 2 aliphatic rings. The van der Waals surface area contributed by atoms with Gasteiger partial charge < -0.3 is 26.6 Å². The summed E-state index contributed by atoms with van der Waals surface area (Å²) in [5.74, 6) is -5.76. The highest BCUT2D eigenvalue weighted by atomic mass is 19.2. The van der Waals surface area contributed by atoms with E-state index in [1.54, 1.807) is 0 Å². The summed E-state index contributed by atoms with van der Waals surface area (Å²) in [6, 6.07) is -2.36. The van der Waals surface area contributed by atoms with Gasteiger partial charge in [-0.15, -0.1) is 0 Å². The molecule has 2 fully saturated rings. The third kappa shape index (κ3) is 6.11. The van der Waals surface area contributed by atoms with Crippen LogP contribution in [0.4, 0.5) is 13.2 Å². The van der Waals surface area contributed by atoms with E-state index >= 15 is 0 Å². The third-order valence-electron chi connectivity index (χ3n) is 6.45. The number of nitrogens with two attached hydrogens (primary N) is 2. The van der Waals surface area contributed by atoms with E-state index in [1.165, 1.54) is 16.7 Å². The third-order valence-corrected chi connectivity index (χ3v) is 6.45. The summed E-state index contributed by atoms with van der Waals surface area (Å²) in [5, 5.41) is 2.67. The number of primary amides is 1. The van der Waals surface area contributed by atoms with Crippen molar-refractivity contribution in [2.45, 2.75) is 69.6 Å². The van der Waals surface area contributed by atoms with Crippen LogP contribution in [0.2, 0.25) is 0 Å². The van der Waals surface area contributed by atoms with Crippen LogP contribution in [0.1, 0.15) is 44.6 Å². The SMILES string of the molecule is CC(N)C(=O)N1CCCC1C(=O)N[C@@H](CC(=O)N1CCCC1C(N)=O)Cc1cc(F)c(F)cc1F. The zero-order valence-corrected chi connectivity index (χ0v) is 19.4. The Morgan fingerprint density at radius 3 is 2.23 bits per heavy atom. The molecule has 35 heavy (non-hydrogen) atoms. The normalized spacial score (nSPS) is 21.6. The van der Waals surface area contributed by atoms with E-state index in [9.17, 15) is 32.3 Å². The van der Waals surface area contributed by atoms with Crippen molar-refractivity contribution in [3.8, 4) is 0 Å². The number of nitrogens with zero attached hydrogens (tertiary/aromatic N) is 2. The monoisotopic (exact) mass is 497 g/mol. The number of hydrogen-bond acceptors (Lipinski definition) is 5. The number of benzene rings is 1. The van der Waals surface area contributed by atoms with Gasteiger partial charge in [0.15, 0.2) is 11.6 Å². The summed E-state index contributed by atoms with van der Waals surface area (Å²) >= 11 is 0. The van der Waals surface area contributed by atoms with Gasteiger partial charge in [0.25, 0.3) is 0 Å². The molecule has 9 nitrogen and oxygen atoms in total. The lowest BCUT2D eigenvalue weighted by Crippen LogP contribution is -2.53. The van der Waals surface area contributed by atoms with E-state index in [0.29, 0.717) is 50.9 Å². The Hall–Kier alpha value is -3.15. The molecule has 2 aliphatic heterocycles. The van der Waals surface area contributed by atoms with Crippen LogP contribution in [0.25, 0.3) is 0 Å². The Kier molecular flexibility index (Phi) is 8.36. The molecule has 2 heterocycles. The maximum atomic E-state index is 14.3. The van der Waals surface area contributed by atoms with Crippen LogP contribution < -0.4 is 16.8 Å². The summed E-state index contributed by atoms with van der Waals surface area (Å²) in [6.07, 6.45) is 1.29. The number of nitrogens with one attached hydrogen (secondary N) is 1. The van der Waals surface area contributed by atoms with Crippen molar-refractivity contribution in [1.29, 1.82) is 0 Å². The lowest BCUT2D eigenvalue weighted by molar-refractivity contribution is -0.140. The molecule has 0 saturated carbocycles. The Labute approximate surface area is 201 Å². The van der Waals surface area contributed by atoms with Crippen molar-refractivity contribution in [2.75, 3.05) is 13.1 Å². The minimum absolute atomic E-state index is 0.232. The van der Waals surface area contributed by atoms with Gasteiger partial charge >= 0.3 is 0 Å². The van der Waals surface area contributed by atoms with E-state index in [0.717, 1.165) is 0 Å². The highest BCUT2D eigenvalue weighted by Gasteiger charge is 2.38. The maximum Gasteiger partial charge on any atom is 0.243 e. The quantitative estimate of drug-likeness (QED) is 0.445. The summed E-state index contributed by atoms with van der Waals surface area (Å²) in [4.78, 5) is 52.8. The molecule has 3 rings (SSSR count). The number of rotatable bonds is 8. The number of carbonyl (C=O) groups is 4. The molecule has 4 atom stereocenters. The van der Waals surface area contributed by atoms with Crippen LogP contribution >= 0.6 is 0 Å². The minimum Gasteiger partial charge on any atom is -0.368 e. The fourth-order valence-corrected chi connectivity index (χ4v) is 4.71. The Morgan fingerprint density at radius 1 is 1.00 bits per heavy atom. The average Bonchev–Trinajstić information content (AvgIpc) is 3.46. The smallest absolute Gasteiger partial charge is 0.243 e. The maximum absolute atomic E-state index is 14.3. The molecule has 0 bridgehead atoms. The van der Waals surface area contributed by atoms with E-state index in [-0.39, 0.29) is 18.4 Å². The number of hydrogen-bond donors (Lipinski definition) is 3. The van der Waals surface area contributed by atoms with Crippen molar-refractivity contribution in [1.82, 2.24) is 15.1 Å². The number of halogens is 3. The van der Waals surface area contributed by atoms with Gasteiger partial charge in [0.2, 0.25) is 23.6 Å². The van der Waals surface area contributed by atoms with Crippen molar-refractivity contribution < 1.29 is 32.3 Å². The standard InChI is InChI=1S/C23H30F3N5O4/c1-12(27)23(35)31-7-3-5-19(31)22(34)29-14(8-13-9-16(25)17(26)11-15(13)24)10-20(32)30-6-2-4-18(30)21(28)33/h9,11-12,14,18-19H,2-8,10,27H2,1H3,(H2,28,33)(H,29,34)/t12?,14-,18?,19?/m1/s1. The fourth-order valence-electron chi connectivity index (χ4n) is 4.71. The molecule has 3 unspecified atom stereocenters. The molecule has 4 amide bonds. The molecule has 2 saturated heterocycles. The molecule has 12 heteroatoms. The summed E-state index contributed by atoms with van der Waals surface area (Å²) < 4.78 is 41.5. The molecule has 1 aromatic carbocycles. The van der Waals surface area contributed by atoms with Crippen molar-refractivity contribution >= 4 is 23.6 Å². The molecular formula is C23H30F3N5O4. The first-order valence-electron chi connectivity index (χ1n) is 11.6. The largest absolute Gasteiger partial charge is 0.368 e. The lowest BCUT2D eigenvalue weighted by atomic mass is 10.0. The van der Waals surface area contributed by atoms with Crippen molar-refractivity contribution in [2.24, 2.45) is 11.5 Å². The molecule has 0 aliphatic carbocycles. The van der Waals surface area contributed by atoms with Gasteiger partial charge in [-0.1, -0.05) is 0 Å². The lowest BCUT2D eigenvalue weighted by Gasteiger charge is -2.29. The second-order valence-electron chi connectivity index (χ2n) is 9.10. The van der Waals surface area contributed by atoms with Crippen molar-refractivity contribution in [3.63, 3.8) is 0 Å². The molecule has 0 radical (unpaired) electrons. The van der Waals surface area contributed by atoms with Gasteiger partial charge in [-0.05, 0) is 50.7 Å². The summed E-state index contributed by atoms with van der Waals surface area (Å²) in [5.41, 5.74) is 10.8. The van der Waals surface area contributed by atoms with Crippen LogP contribution in [-0.4, -0.2) is 70.7 Å². The highest BCUT2D eigenvalue weighted by molar-refractivity contribution is 5.91. The molecule has 0 aromatic heterocycles. The molecule has 0 spiro atoms. The Morgan fingerprint density at radius 2 is 1.60 bits per heavy atom. The van der Waals surface area contributed by atoms with Crippen LogP contribution in [0.5, 0.6) is 0 Å². The second kappa shape index (κ2) is 11.1. The van der Waals surface area contributed by atoms with Crippen LogP contribution in [-0.2, 0) is 25.6 Å². The van der Waals surface area contributed by atoms with E-state index in [2.05, 4.69) is 5.32 Å². The van der Waals surface area contributed by atoms with Gasteiger partial charge in [-0.25, -0.2) is 13.2 Å². The Bertz CT molecular complexity index is 1010. The Balaban J connectivity index is 1.81. The first-order valence-corrected chi connectivity index (χ1v) is 11.6. The number of carbonyl (C=O) groups excluding carboxylic acids is 4. The summed E-state index contributed by atoms with van der Waals surface area (Å²) in [7, 11) is 0. The fraction of sp³-hybridized carbons (Fsp3) is 0.565. The summed E-state index contributed by atoms with van der Waals surface area (Å²) in [6.45, 7) is 2.15.